The van der Waals surface area contributed by atoms with E-state index in [0.717, 1.165) is 17.3 Å². The van der Waals surface area contributed by atoms with Crippen LogP contribution in [0.4, 0.5) is 9.18 Å². The summed E-state index contributed by atoms with van der Waals surface area (Å²) < 4.78 is 31.3. The van der Waals surface area contributed by atoms with Gasteiger partial charge in [-0.3, -0.25) is 0 Å². The Morgan fingerprint density at radius 2 is 2.20 bits per heavy atom. The van der Waals surface area contributed by atoms with Crippen molar-refractivity contribution in [2.75, 3.05) is 13.7 Å². The Morgan fingerprint density at radius 3 is 2.88 bits per heavy atom. The minimum atomic E-state index is -1.49. The summed E-state index contributed by atoms with van der Waals surface area (Å²) in [5.74, 6) is 0. The zero-order valence-electron chi connectivity index (χ0n) is 13.5. The molecule has 0 saturated carbocycles. The van der Waals surface area contributed by atoms with E-state index in [-0.39, 0.29) is 18.4 Å². The number of alkyl carbamates (subject to hydrolysis) is 1. The molecule has 2 aliphatic rings. The van der Waals surface area contributed by atoms with Gasteiger partial charge in [-0.1, -0.05) is 30.3 Å². The third-order valence-corrected chi connectivity index (χ3v) is 4.93. The van der Waals surface area contributed by atoms with Crippen LogP contribution in [0.15, 0.2) is 35.3 Å². The van der Waals surface area contributed by atoms with Gasteiger partial charge in [0.15, 0.2) is 6.17 Å². The molecule has 1 aromatic rings. The molecule has 7 nitrogen and oxygen atoms in total. The Labute approximate surface area is 148 Å². The molecule has 3 rings (SSSR count). The highest BCUT2D eigenvalue weighted by Gasteiger charge is 2.51. The second-order valence-electron chi connectivity index (χ2n) is 5.57. The van der Waals surface area contributed by atoms with E-state index in [4.69, 9.17) is 14.2 Å². The first kappa shape index (κ1) is 18.1. The zero-order valence-corrected chi connectivity index (χ0v) is 14.3. The highest BCUT2D eigenvalue weighted by molar-refractivity contribution is 8.14. The van der Waals surface area contributed by atoms with Crippen LogP contribution in [0.1, 0.15) is 5.56 Å². The van der Waals surface area contributed by atoms with Gasteiger partial charge in [-0.25, -0.2) is 14.2 Å². The summed E-state index contributed by atoms with van der Waals surface area (Å²) in [4.78, 5) is 15.4. The summed E-state index contributed by atoms with van der Waals surface area (Å²) in [6.45, 7) is -0.184. The maximum Gasteiger partial charge on any atom is 0.414 e. The summed E-state index contributed by atoms with van der Waals surface area (Å²) in [5, 5.41) is 11.9. The topological polar surface area (TPSA) is 89.4 Å². The summed E-state index contributed by atoms with van der Waals surface area (Å²) in [7, 11) is 1.42. The van der Waals surface area contributed by atoms with Gasteiger partial charge in [-0.05, 0) is 17.3 Å². The summed E-state index contributed by atoms with van der Waals surface area (Å²) in [6.07, 6.45) is -3.95. The number of fused-ring (bicyclic) bond motifs is 1. The van der Waals surface area contributed by atoms with Crippen molar-refractivity contribution in [3.8, 4) is 0 Å². The fourth-order valence-electron chi connectivity index (χ4n) is 2.65. The van der Waals surface area contributed by atoms with Crippen molar-refractivity contribution >= 4 is 23.1 Å². The summed E-state index contributed by atoms with van der Waals surface area (Å²) >= 11 is 1.02. The lowest BCUT2D eigenvalue weighted by Gasteiger charge is -2.38. The summed E-state index contributed by atoms with van der Waals surface area (Å²) in [5.41, 5.74) is 0.227. The number of hydrogen-bond donors (Lipinski definition) is 2. The molecule has 5 atom stereocenters. The number of benzene rings is 1. The Morgan fingerprint density at radius 1 is 1.44 bits per heavy atom. The molecule has 1 amide bonds. The highest BCUT2D eigenvalue weighted by Crippen LogP contribution is 2.39. The number of nitrogens with zero attached hydrogens (tertiary/aromatic N) is 1. The molecule has 0 spiro atoms. The van der Waals surface area contributed by atoms with E-state index in [1.807, 2.05) is 30.3 Å². The van der Waals surface area contributed by atoms with Crippen LogP contribution in [0.3, 0.4) is 0 Å². The van der Waals surface area contributed by atoms with Crippen LogP contribution < -0.4 is 5.32 Å². The van der Waals surface area contributed by atoms with Crippen molar-refractivity contribution in [3.63, 3.8) is 0 Å². The Balaban J connectivity index is 1.68. The number of ether oxygens (including phenoxy) is 3. The number of rotatable bonds is 4. The molecular weight excluding hydrogens is 351 g/mol. The number of halogens is 1. The second kappa shape index (κ2) is 8.13. The Hall–Kier alpha value is -1.68. The van der Waals surface area contributed by atoms with Crippen LogP contribution >= 0.6 is 11.8 Å². The fourth-order valence-corrected chi connectivity index (χ4v) is 3.71. The number of hydrogen-bond acceptors (Lipinski definition) is 7. The molecule has 0 unspecified atom stereocenters. The van der Waals surface area contributed by atoms with Crippen LogP contribution in [0.5, 0.6) is 0 Å². The molecular formula is C16H19FN2O5S. The third-order valence-electron chi connectivity index (χ3n) is 3.92. The maximum absolute atomic E-state index is 14.9. The number of thioether (sulfide) groups is 1. The predicted molar refractivity (Wildman–Crippen MR) is 90.0 cm³/mol. The average molecular weight is 370 g/mol. The van der Waals surface area contributed by atoms with E-state index in [1.54, 1.807) is 0 Å². The zero-order chi connectivity index (χ0) is 17.8. The van der Waals surface area contributed by atoms with Crippen molar-refractivity contribution < 1.29 is 28.5 Å². The van der Waals surface area contributed by atoms with E-state index in [9.17, 15) is 14.3 Å². The van der Waals surface area contributed by atoms with Crippen LogP contribution in [-0.4, -0.2) is 59.9 Å². The van der Waals surface area contributed by atoms with Gasteiger partial charge < -0.3 is 24.6 Å². The Kier molecular flexibility index (Phi) is 5.89. The molecule has 0 aromatic heterocycles. The average Bonchev–Trinajstić information content (AvgIpc) is 3.04. The minimum absolute atomic E-state index is 0.0393. The van der Waals surface area contributed by atoms with Gasteiger partial charge in [-0.2, -0.15) is 0 Å². The third kappa shape index (κ3) is 4.12. The second-order valence-corrected chi connectivity index (χ2v) is 6.62. The van der Waals surface area contributed by atoms with Crippen LogP contribution in [0.25, 0.3) is 0 Å². The number of nitrogens with one attached hydrogen (secondary N) is 1. The first-order valence-corrected chi connectivity index (χ1v) is 8.70. The van der Waals surface area contributed by atoms with Gasteiger partial charge in [0, 0.05) is 7.05 Å². The molecule has 2 N–H and O–H groups in total. The first-order chi connectivity index (χ1) is 12.1. The number of alkyl halides is 1. The molecule has 1 fully saturated rings. The van der Waals surface area contributed by atoms with Crippen molar-refractivity contribution in [3.05, 3.63) is 35.9 Å². The number of amides is 1. The Bertz CT molecular complexity index is 632. The lowest BCUT2D eigenvalue weighted by molar-refractivity contribution is -0.171. The molecule has 0 aliphatic carbocycles. The van der Waals surface area contributed by atoms with Gasteiger partial charge >= 0.3 is 6.09 Å². The van der Waals surface area contributed by atoms with Crippen LogP contribution in [-0.2, 0) is 20.8 Å². The van der Waals surface area contributed by atoms with Gasteiger partial charge in [0.2, 0.25) is 0 Å². The van der Waals surface area contributed by atoms with Gasteiger partial charge in [-0.15, -0.1) is 0 Å². The van der Waals surface area contributed by atoms with E-state index < -0.39 is 36.0 Å². The lowest BCUT2D eigenvalue weighted by Crippen LogP contribution is -2.55. The monoisotopic (exact) mass is 370 g/mol. The number of aliphatic hydroxyl groups is 1. The van der Waals surface area contributed by atoms with E-state index >= 15 is 0 Å². The lowest BCUT2D eigenvalue weighted by atomic mass is 9.99. The molecule has 2 heterocycles. The van der Waals surface area contributed by atoms with Crippen LogP contribution in [0, 0.1) is 0 Å². The molecule has 25 heavy (non-hydrogen) atoms. The molecule has 136 valence electrons. The molecule has 9 heteroatoms. The van der Waals surface area contributed by atoms with E-state index in [2.05, 4.69) is 10.3 Å². The number of aliphatic imine (C=N–C) groups is 1. The van der Waals surface area contributed by atoms with Gasteiger partial charge in [0.1, 0.15) is 23.7 Å². The number of aliphatic hydroxyl groups excluding tert-OH is 1. The molecule has 0 bridgehead atoms. The van der Waals surface area contributed by atoms with Crippen molar-refractivity contribution in [1.82, 2.24) is 5.32 Å². The fraction of sp³-hybridized carbons (Fsp3) is 0.500. The van der Waals surface area contributed by atoms with Gasteiger partial charge in [0.25, 0.3) is 5.23 Å². The normalized spacial score (nSPS) is 31.2. The van der Waals surface area contributed by atoms with Crippen molar-refractivity contribution in [2.24, 2.45) is 4.99 Å². The molecule has 1 saturated heterocycles. The van der Waals surface area contributed by atoms with E-state index in [0.29, 0.717) is 0 Å². The molecule has 1 aromatic carbocycles. The quantitative estimate of drug-likeness (QED) is 0.834. The molecule has 0 radical (unpaired) electrons. The minimum Gasteiger partial charge on any atom is -0.394 e. The largest absolute Gasteiger partial charge is 0.414 e. The maximum atomic E-state index is 14.9. The van der Waals surface area contributed by atoms with Crippen molar-refractivity contribution in [1.29, 1.82) is 0 Å². The predicted octanol–water partition coefficient (Wildman–Crippen LogP) is 1.45. The van der Waals surface area contributed by atoms with Gasteiger partial charge in [0.05, 0.1) is 13.2 Å². The number of carbonyl (C=O) groups is 1. The smallest absolute Gasteiger partial charge is 0.394 e. The van der Waals surface area contributed by atoms with Crippen molar-refractivity contribution in [2.45, 2.75) is 36.5 Å². The molecule has 2 aliphatic heterocycles. The summed E-state index contributed by atoms with van der Waals surface area (Å²) in [6, 6.07) is 8.49. The SMILES string of the molecule is CNC(=O)OC1=N[C@@H]2[C@H](F)[C@H](OCc3ccccc3)[C@@H](CO)O[C@@H]2S1. The standard InChI is InChI=1S/C16H19FN2O5S/c1-18-15(21)24-16-19-12-11(17)13(10(7-20)23-14(12)25-16)22-8-9-5-3-2-4-6-9/h2-6,10-14,20H,7-8H2,1H3,(H,18,21)/t10-,11+,12-,13-,14-/m1/s1. The first-order valence-electron chi connectivity index (χ1n) is 7.82. The van der Waals surface area contributed by atoms with Crippen LogP contribution in [0.2, 0.25) is 0 Å². The number of carbonyl (C=O) groups excluding carboxylic acids is 1. The highest BCUT2D eigenvalue weighted by atomic mass is 32.2. The van der Waals surface area contributed by atoms with E-state index in [1.165, 1.54) is 7.05 Å².